The normalized spacial score (nSPS) is 20.0. The molecule has 1 nitrogen and oxygen atoms in total. The van der Waals surface area contributed by atoms with Crippen molar-refractivity contribution in [3.8, 4) is 0 Å². The summed E-state index contributed by atoms with van der Waals surface area (Å²) >= 11 is 0. The second kappa shape index (κ2) is 5.66. The highest BCUT2D eigenvalue weighted by atomic mass is 14.6. The summed E-state index contributed by atoms with van der Waals surface area (Å²) in [6.07, 6.45) is 7.94. The van der Waals surface area contributed by atoms with Crippen molar-refractivity contribution in [1.82, 2.24) is 0 Å². The van der Waals surface area contributed by atoms with Gasteiger partial charge in [0.25, 0.3) is 0 Å². The van der Waals surface area contributed by atoms with Crippen LogP contribution < -0.4 is 5.73 Å². The van der Waals surface area contributed by atoms with E-state index in [2.05, 4.69) is 45.0 Å². The van der Waals surface area contributed by atoms with E-state index < -0.39 is 0 Å². The summed E-state index contributed by atoms with van der Waals surface area (Å²) in [6, 6.07) is 9.27. The van der Waals surface area contributed by atoms with E-state index in [0.717, 1.165) is 6.54 Å². The van der Waals surface area contributed by atoms with Crippen LogP contribution in [0.4, 0.5) is 0 Å². The molecule has 0 amide bonds. The highest BCUT2D eigenvalue weighted by Crippen LogP contribution is 2.38. The van der Waals surface area contributed by atoms with Gasteiger partial charge >= 0.3 is 0 Å². The Kier molecular flexibility index (Phi) is 4.35. The smallest absolute Gasteiger partial charge is 0.00755 e. The Bertz CT molecular complexity index is 389. The van der Waals surface area contributed by atoms with Crippen LogP contribution in [-0.2, 0) is 10.8 Å². The first kappa shape index (κ1) is 14.6. The zero-order valence-electron chi connectivity index (χ0n) is 12.8. The Hall–Kier alpha value is -0.820. The van der Waals surface area contributed by atoms with Crippen LogP contribution in [0.5, 0.6) is 0 Å². The third kappa shape index (κ3) is 3.20. The van der Waals surface area contributed by atoms with Gasteiger partial charge < -0.3 is 5.73 Å². The molecule has 0 spiro atoms. The van der Waals surface area contributed by atoms with Crippen LogP contribution in [0.2, 0.25) is 0 Å². The first-order chi connectivity index (χ1) is 8.98. The molecule has 1 aromatic carbocycles. The van der Waals surface area contributed by atoms with Crippen molar-refractivity contribution in [3.05, 3.63) is 35.4 Å². The molecule has 0 aliphatic heterocycles. The van der Waals surface area contributed by atoms with Crippen molar-refractivity contribution in [3.63, 3.8) is 0 Å². The minimum absolute atomic E-state index is 0.234. The first-order valence-electron chi connectivity index (χ1n) is 7.79. The van der Waals surface area contributed by atoms with Gasteiger partial charge in [0.15, 0.2) is 0 Å². The lowest BCUT2D eigenvalue weighted by atomic mass is 9.73. The molecule has 2 rings (SSSR count). The van der Waals surface area contributed by atoms with Gasteiger partial charge in [-0.2, -0.15) is 0 Å². The Morgan fingerprint density at radius 2 is 1.47 bits per heavy atom. The van der Waals surface area contributed by atoms with Crippen LogP contribution >= 0.6 is 0 Å². The molecule has 0 saturated heterocycles. The minimum atomic E-state index is 0.234. The van der Waals surface area contributed by atoms with Crippen molar-refractivity contribution in [2.75, 3.05) is 6.54 Å². The SMILES string of the molecule is CC(C)(C)c1ccc(C2(CN)CCCCCC2)cc1. The fourth-order valence-corrected chi connectivity index (χ4v) is 3.34. The van der Waals surface area contributed by atoms with Gasteiger partial charge in [-0.1, -0.05) is 70.7 Å². The monoisotopic (exact) mass is 259 g/mol. The fraction of sp³-hybridized carbons (Fsp3) is 0.667. The maximum Gasteiger partial charge on any atom is 0.00755 e. The molecule has 106 valence electrons. The van der Waals surface area contributed by atoms with Gasteiger partial charge in [0.1, 0.15) is 0 Å². The molecule has 0 heterocycles. The van der Waals surface area contributed by atoms with Crippen LogP contribution in [0.15, 0.2) is 24.3 Å². The average molecular weight is 259 g/mol. The molecule has 19 heavy (non-hydrogen) atoms. The molecule has 0 atom stereocenters. The predicted octanol–water partition coefficient (Wildman–Crippen LogP) is 4.53. The van der Waals surface area contributed by atoms with E-state index >= 15 is 0 Å². The zero-order valence-corrected chi connectivity index (χ0v) is 12.8. The fourth-order valence-electron chi connectivity index (χ4n) is 3.34. The predicted molar refractivity (Wildman–Crippen MR) is 83.6 cm³/mol. The van der Waals surface area contributed by atoms with Gasteiger partial charge in [0.05, 0.1) is 0 Å². The number of nitrogens with two attached hydrogens (primary N) is 1. The molecule has 0 unspecified atom stereocenters. The molecule has 1 aliphatic rings. The lowest BCUT2D eigenvalue weighted by Gasteiger charge is -2.33. The van der Waals surface area contributed by atoms with Crippen molar-refractivity contribution in [2.24, 2.45) is 5.73 Å². The van der Waals surface area contributed by atoms with Crippen LogP contribution in [0.25, 0.3) is 0 Å². The largest absolute Gasteiger partial charge is 0.330 e. The maximum atomic E-state index is 6.16. The summed E-state index contributed by atoms with van der Waals surface area (Å²) in [4.78, 5) is 0. The highest BCUT2D eigenvalue weighted by molar-refractivity contribution is 5.33. The van der Waals surface area contributed by atoms with Crippen LogP contribution in [0.3, 0.4) is 0 Å². The average Bonchev–Trinajstić information content (AvgIpc) is 2.64. The summed E-state index contributed by atoms with van der Waals surface area (Å²) in [7, 11) is 0. The van der Waals surface area contributed by atoms with Crippen molar-refractivity contribution in [2.45, 2.75) is 70.1 Å². The molecule has 0 bridgehead atoms. The summed E-state index contributed by atoms with van der Waals surface area (Å²) < 4.78 is 0. The van der Waals surface area contributed by atoms with E-state index in [9.17, 15) is 0 Å². The van der Waals surface area contributed by atoms with E-state index in [1.807, 2.05) is 0 Å². The second-order valence-corrected chi connectivity index (χ2v) is 7.23. The summed E-state index contributed by atoms with van der Waals surface area (Å²) in [6.45, 7) is 7.60. The third-order valence-corrected chi connectivity index (χ3v) is 4.81. The Balaban J connectivity index is 2.28. The lowest BCUT2D eigenvalue weighted by Crippen LogP contribution is -2.34. The molecule has 0 aromatic heterocycles. The molecule has 1 saturated carbocycles. The number of hydrogen-bond donors (Lipinski definition) is 1. The topological polar surface area (TPSA) is 26.0 Å². The van der Waals surface area contributed by atoms with E-state index in [-0.39, 0.29) is 10.8 Å². The molecule has 0 radical (unpaired) electrons. The maximum absolute atomic E-state index is 6.16. The first-order valence-corrected chi connectivity index (χ1v) is 7.79. The number of hydrogen-bond acceptors (Lipinski definition) is 1. The van der Waals surface area contributed by atoms with Crippen molar-refractivity contribution in [1.29, 1.82) is 0 Å². The molecule has 1 aliphatic carbocycles. The second-order valence-electron chi connectivity index (χ2n) is 7.23. The zero-order chi connectivity index (χ0) is 13.9. The van der Waals surface area contributed by atoms with E-state index in [1.54, 1.807) is 0 Å². The van der Waals surface area contributed by atoms with Gasteiger partial charge in [0, 0.05) is 12.0 Å². The highest BCUT2D eigenvalue weighted by Gasteiger charge is 2.31. The number of benzene rings is 1. The molecule has 2 N–H and O–H groups in total. The Morgan fingerprint density at radius 1 is 0.947 bits per heavy atom. The van der Waals surface area contributed by atoms with Gasteiger partial charge in [-0.05, 0) is 29.4 Å². The van der Waals surface area contributed by atoms with Crippen LogP contribution in [-0.4, -0.2) is 6.54 Å². The van der Waals surface area contributed by atoms with Crippen LogP contribution in [0.1, 0.15) is 70.4 Å². The van der Waals surface area contributed by atoms with Gasteiger partial charge in [0.2, 0.25) is 0 Å². The van der Waals surface area contributed by atoms with Gasteiger partial charge in [-0.15, -0.1) is 0 Å². The van der Waals surface area contributed by atoms with Gasteiger partial charge in [-0.3, -0.25) is 0 Å². The number of rotatable bonds is 2. The van der Waals surface area contributed by atoms with Crippen molar-refractivity contribution >= 4 is 0 Å². The third-order valence-electron chi connectivity index (χ3n) is 4.81. The minimum Gasteiger partial charge on any atom is -0.330 e. The van der Waals surface area contributed by atoms with E-state index in [1.165, 1.54) is 49.7 Å². The Morgan fingerprint density at radius 3 is 1.89 bits per heavy atom. The standard InChI is InChI=1S/C18H29N/c1-17(2,3)15-8-10-16(11-9-15)18(14-19)12-6-4-5-7-13-18/h8-11H,4-7,12-14,19H2,1-3H3. The molecular weight excluding hydrogens is 230 g/mol. The summed E-state index contributed by atoms with van der Waals surface area (Å²) in [5, 5.41) is 0. The summed E-state index contributed by atoms with van der Waals surface area (Å²) in [5.41, 5.74) is 9.52. The molecule has 1 heteroatoms. The summed E-state index contributed by atoms with van der Waals surface area (Å²) in [5.74, 6) is 0. The van der Waals surface area contributed by atoms with Crippen LogP contribution in [0, 0.1) is 0 Å². The van der Waals surface area contributed by atoms with E-state index in [4.69, 9.17) is 5.73 Å². The Labute approximate surface area is 118 Å². The van der Waals surface area contributed by atoms with Crippen molar-refractivity contribution < 1.29 is 0 Å². The quantitative estimate of drug-likeness (QED) is 0.776. The molecule has 1 fully saturated rings. The molecule has 1 aromatic rings. The molecular formula is C18H29N. The lowest BCUT2D eigenvalue weighted by molar-refractivity contribution is 0.380. The van der Waals surface area contributed by atoms with Gasteiger partial charge in [-0.25, -0.2) is 0 Å². The van der Waals surface area contributed by atoms with E-state index in [0.29, 0.717) is 0 Å².